The number of pyridine rings is 1. The van der Waals surface area contributed by atoms with E-state index in [-0.39, 0.29) is 17.9 Å². The summed E-state index contributed by atoms with van der Waals surface area (Å²) < 4.78 is 3.90. The van der Waals surface area contributed by atoms with Crippen molar-refractivity contribution in [1.29, 1.82) is 0 Å². The highest BCUT2D eigenvalue weighted by Crippen LogP contribution is 2.46. The number of aromatic nitrogens is 4. The van der Waals surface area contributed by atoms with Gasteiger partial charge in [-0.05, 0) is 48.7 Å². The van der Waals surface area contributed by atoms with Crippen molar-refractivity contribution in [3.05, 3.63) is 81.5 Å². The SMILES string of the molecule is Cc1cc(N2C(=O)c3c(C4CN(C(=O)O)C4)cn(C)c3C2c2ccc(Cl)cc2)cn2c(C)nnc12. The van der Waals surface area contributed by atoms with Crippen molar-refractivity contribution < 1.29 is 14.7 Å². The number of nitrogens with zero attached hydrogens (tertiary/aromatic N) is 6. The van der Waals surface area contributed by atoms with E-state index < -0.39 is 6.09 Å². The van der Waals surface area contributed by atoms with Crippen LogP contribution < -0.4 is 4.90 Å². The molecule has 5 heterocycles. The van der Waals surface area contributed by atoms with Gasteiger partial charge in [-0.25, -0.2) is 4.79 Å². The van der Waals surface area contributed by atoms with Gasteiger partial charge < -0.3 is 14.6 Å². The molecule has 1 N–H and O–H groups in total. The Balaban J connectivity index is 1.52. The first-order valence-electron chi connectivity index (χ1n) is 11.3. The van der Waals surface area contributed by atoms with Gasteiger partial charge in [0.1, 0.15) is 11.9 Å². The van der Waals surface area contributed by atoms with Gasteiger partial charge in [-0.1, -0.05) is 23.7 Å². The van der Waals surface area contributed by atoms with Gasteiger partial charge in [0.05, 0.1) is 16.9 Å². The van der Waals surface area contributed by atoms with E-state index in [4.69, 9.17) is 11.6 Å². The average Bonchev–Trinajstić information content (AvgIpc) is 3.41. The molecule has 1 unspecified atom stereocenters. The molecule has 3 aromatic heterocycles. The number of benzene rings is 1. The highest BCUT2D eigenvalue weighted by molar-refractivity contribution is 6.30. The Hall–Kier alpha value is -3.85. The van der Waals surface area contributed by atoms with Gasteiger partial charge in [0, 0.05) is 43.5 Å². The van der Waals surface area contributed by atoms with Crippen molar-refractivity contribution in [2.45, 2.75) is 25.8 Å². The fraction of sp³-hybridized carbons (Fsp3) is 0.280. The first-order valence-corrected chi connectivity index (χ1v) is 11.7. The third-order valence-electron chi connectivity index (χ3n) is 7.11. The van der Waals surface area contributed by atoms with E-state index in [1.54, 1.807) is 0 Å². The van der Waals surface area contributed by atoms with Crippen molar-refractivity contribution >= 4 is 34.9 Å². The number of aryl methyl sites for hydroxylation is 3. The summed E-state index contributed by atoms with van der Waals surface area (Å²) >= 11 is 6.18. The molecule has 2 amide bonds. The zero-order valence-electron chi connectivity index (χ0n) is 19.4. The molecular weight excluding hydrogens is 468 g/mol. The number of carboxylic acid groups (broad SMARTS) is 1. The monoisotopic (exact) mass is 490 g/mol. The minimum absolute atomic E-state index is 0.0138. The number of amides is 2. The Labute approximate surface area is 206 Å². The topological polar surface area (TPSA) is 96.0 Å². The number of hydrogen-bond donors (Lipinski definition) is 1. The van der Waals surface area contributed by atoms with Crippen molar-refractivity contribution in [3.8, 4) is 0 Å². The van der Waals surface area contributed by atoms with Gasteiger partial charge in [0.25, 0.3) is 5.91 Å². The van der Waals surface area contributed by atoms with Crippen LogP contribution >= 0.6 is 11.6 Å². The number of anilines is 1. The largest absolute Gasteiger partial charge is 0.465 e. The average molecular weight is 491 g/mol. The minimum atomic E-state index is -0.936. The second kappa shape index (κ2) is 7.58. The van der Waals surface area contributed by atoms with Crippen LogP contribution in [0.1, 0.15) is 50.5 Å². The van der Waals surface area contributed by atoms with Crippen LogP contribution in [0.15, 0.2) is 42.7 Å². The van der Waals surface area contributed by atoms with Crippen LogP contribution in [-0.4, -0.2) is 54.3 Å². The maximum Gasteiger partial charge on any atom is 0.407 e. The van der Waals surface area contributed by atoms with E-state index in [0.717, 1.165) is 39.5 Å². The Morgan fingerprint density at radius 3 is 2.51 bits per heavy atom. The number of likely N-dealkylation sites (tertiary alicyclic amines) is 1. The molecule has 0 saturated carbocycles. The summed E-state index contributed by atoms with van der Waals surface area (Å²) in [5.41, 5.74) is 5.78. The molecule has 4 aromatic rings. The molecule has 1 saturated heterocycles. The summed E-state index contributed by atoms with van der Waals surface area (Å²) in [7, 11) is 1.94. The maximum absolute atomic E-state index is 14.1. The molecule has 9 nitrogen and oxygen atoms in total. The van der Waals surface area contributed by atoms with E-state index in [1.807, 2.05) is 77.5 Å². The first-order chi connectivity index (χ1) is 16.7. The number of fused-ring (bicyclic) bond motifs is 2. The van der Waals surface area contributed by atoms with Crippen molar-refractivity contribution in [2.24, 2.45) is 7.05 Å². The van der Waals surface area contributed by atoms with Crippen molar-refractivity contribution in [1.82, 2.24) is 24.1 Å². The molecule has 0 aliphatic carbocycles. The van der Waals surface area contributed by atoms with E-state index in [9.17, 15) is 14.7 Å². The van der Waals surface area contributed by atoms with E-state index in [0.29, 0.717) is 23.7 Å². The van der Waals surface area contributed by atoms with Gasteiger partial charge in [-0.15, -0.1) is 10.2 Å². The highest BCUT2D eigenvalue weighted by atomic mass is 35.5. The quantitative estimate of drug-likeness (QED) is 0.465. The maximum atomic E-state index is 14.1. The van der Waals surface area contributed by atoms with Gasteiger partial charge in [0.15, 0.2) is 5.65 Å². The highest BCUT2D eigenvalue weighted by Gasteiger charge is 2.46. The van der Waals surface area contributed by atoms with Crippen LogP contribution in [-0.2, 0) is 7.05 Å². The fourth-order valence-electron chi connectivity index (χ4n) is 5.33. The van der Waals surface area contributed by atoms with Crippen molar-refractivity contribution in [3.63, 3.8) is 0 Å². The molecule has 2 aliphatic rings. The van der Waals surface area contributed by atoms with Gasteiger partial charge >= 0.3 is 6.09 Å². The zero-order chi connectivity index (χ0) is 24.6. The Bertz CT molecular complexity index is 1520. The number of carbonyl (C=O) groups excluding carboxylic acids is 1. The van der Waals surface area contributed by atoms with E-state index >= 15 is 0 Å². The number of halogens is 1. The van der Waals surface area contributed by atoms with Gasteiger partial charge in [0.2, 0.25) is 0 Å². The van der Waals surface area contributed by atoms with Crippen LogP contribution in [0.3, 0.4) is 0 Å². The molecule has 1 fully saturated rings. The Morgan fingerprint density at radius 1 is 1.11 bits per heavy atom. The molecule has 178 valence electrons. The molecule has 0 radical (unpaired) electrons. The molecular formula is C25H23ClN6O3. The molecule has 10 heteroatoms. The lowest BCUT2D eigenvalue weighted by Gasteiger charge is -2.37. The Kier molecular flexibility index (Phi) is 4.69. The summed E-state index contributed by atoms with van der Waals surface area (Å²) in [6.07, 6.45) is 2.94. The fourth-order valence-corrected chi connectivity index (χ4v) is 5.46. The summed E-state index contributed by atoms with van der Waals surface area (Å²) in [5, 5.41) is 18.4. The van der Waals surface area contributed by atoms with E-state index in [2.05, 4.69) is 10.2 Å². The molecule has 35 heavy (non-hydrogen) atoms. The van der Waals surface area contributed by atoms with Crippen LogP contribution in [0.2, 0.25) is 5.02 Å². The second-order valence-corrected chi connectivity index (χ2v) is 9.73. The standard InChI is InChI=1S/C25H23ClN6O3/c1-13-8-18(11-31-14(2)27-28-23(13)31)32-21(15-4-6-17(26)7-5-15)22-20(24(32)33)19(12-29(22)3)16-9-30(10-16)25(34)35/h4-8,11-12,16,21H,9-10H2,1-3H3,(H,34,35). The molecule has 1 atom stereocenters. The van der Waals surface area contributed by atoms with Gasteiger partial charge in [-0.2, -0.15) is 0 Å². The second-order valence-electron chi connectivity index (χ2n) is 9.29. The lowest BCUT2D eigenvalue weighted by Crippen LogP contribution is -2.48. The summed E-state index contributed by atoms with van der Waals surface area (Å²) in [4.78, 5) is 28.6. The van der Waals surface area contributed by atoms with Crippen molar-refractivity contribution in [2.75, 3.05) is 18.0 Å². The third-order valence-corrected chi connectivity index (χ3v) is 7.36. The lowest BCUT2D eigenvalue weighted by molar-refractivity contribution is 0.0982. The Morgan fingerprint density at radius 2 is 1.83 bits per heavy atom. The van der Waals surface area contributed by atoms with E-state index in [1.165, 1.54) is 4.90 Å². The minimum Gasteiger partial charge on any atom is -0.465 e. The molecule has 1 aromatic carbocycles. The van der Waals surface area contributed by atoms with Crippen LogP contribution in [0.25, 0.3) is 5.65 Å². The zero-order valence-corrected chi connectivity index (χ0v) is 20.2. The summed E-state index contributed by atoms with van der Waals surface area (Å²) in [6.45, 7) is 4.60. The lowest BCUT2D eigenvalue weighted by atomic mass is 9.90. The molecule has 0 bridgehead atoms. The third kappa shape index (κ3) is 3.15. The van der Waals surface area contributed by atoms with Crippen LogP contribution in [0, 0.1) is 13.8 Å². The molecule has 0 spiro atoms. The summed E-state index contributed by atoms with van der Waals surface area (Å²) in [6, 6.07) is 9.15. The molecule has 6 rings (SSSR count). The van der Waals surface area contributed by atoms with Crippen LogP contribution in [0.4, 0.5) is 10.5 Å². The summed E-state index contributed by atoms with van der Waals surface area (Å²) in [5.74, 6) is 0.620. The van der Waals surface area contributed by atoms with Crippen LogP contribution in [0.5, 0.6) is 0 Å². The predicted octanol–water partition coefficient (Wildman–Crippen LogP) is 4.17. The number of rotatable bonds is 3. The van der Waals surface area contributed by atoms with Gasteiger partial charge in [-0.3, -0.25) is 14.1 Å². The first kappa shape index (κ1) is 21.7. The molecule has 2 aliphatic heterocycles. The smallest absolute Gasteiger partial charge is 0.407 e. The number of hydrogen-bond acceptors (Lipinski definition) is 4. The number of carbonyl (C=O) groups is 2. The normalized spacial score (nSPS) is 17.8. The predicted molar refractivity (Wildman–Crippen MR) is 130 cm³/mol.